The summed E-state index contributed by atoms with van der Waals surface area (Å²) in [4.78, 5) is 16.7. The molecule has 3 nitrogen and oxygen atoms in total. The molecular formula is C25H38F3NO2Si2. The number of methoxy groups -OCH3 is 1. The Kier molecular flexibility index (Phi) is 6.00. The molecule has 1 saturated carbocycles. The van der Waals surface area contributed by atoms with Crippen molar-refractivity contribution < 1.29 is 22.7 Å². The lowest BCUT2D eigenvalue weighted by Crippen LogP contribution is -2.44. The van der Waals surface area contributed by atoms with Crippen molar-refractivity contribution in [2.24, 2.45) is 0 Å². The average molecular weight is 498 g/mol. The van der Waals surface area contributed by atoms with Crippen LogP contribution >= 0.6 is 0 Å². The zero-order valence-electron chi connectivity index (χ0n) is 21.6. The van der Waals surface area contributed by atoms with Crippen LogP contribution < -0.4 is 0 Å². The molecule has 33 heavy (non-hydrogen) atoms. The predicted molar refractivity (Wildman–Crippen MR) is 133 cm³/mol. The van der Waals surface area contributed by atoms with E-state index in [9.17, 15) is 18.0 Å². The molecule has 3 rings (SSSR count). The standard InChI is InChI=1S/C25H38F3NO2Si2/c1-11-29(12-2)20-17(3)21(30)24(33(8,9)10)22(31-4,23(20,24)32(5,6)7)18-13-15-19(16-14-18)25(26,27)28/h13-16H,11-12H2,1-10H3/t22-,23+,24+/m1/s1. The van der Waals surface area contributed by atoms with Gasteiger partial charge in [-0.05, 0) is 38.5 Å². The number of halogens is 3. The van der Waals surface area contributed by atoms with Crippen molar-refractivity contribution >= 4 is 21.9 Å². The second-order valence-corrected chi connectivity index (χ2v) is 21.9. The fourth-order valence-electron chi connectivity index (χ4n) is 7.52. The summed E-state index contributed by atoms with van der Waals surface area (Å²) < 4.78 is 46.6. The number of Topliss-reactive ketones (excluding diaryl/α,β-unsaturated/α-hetero) is 1. The minimum Gasteiger partial charge on any atom is -0.375 e. The highest BCUT2D eigenvalue weighted by Gasteiger charge is 3.00. The highest BCUT2D eigenvalue weighted by molar-refractivity contribution is 6.93. The number of hydrogen-bond donors (Lipinski definition) is 0. The van der Waals surface area contributed by atoms with Crippen molar-refractivity contribution in [3.8, 4) is 0 Å². The van der Waals surface area contributed by atoms with Gasteiger partial charge in [0.1, 0.15) is 5.60 Å². The third kappa shape index (κ3) is 2.80. The van der Waals surface area contributed by atoms with E-state index in [0.29, 0.717) is 5.56 Å². The minimum absolute atomic E-state index is 0.132. The van der Waals surface area contributed by atoms with Crippen molar-refractivity contribution in [2.45, 2.75) is 81.9 Å². The van der Waals surface area contributed by atoms with Crippen LogP contribution in [0.15, 0.2) is 35.5 Å². The van der Waals surface area contributed by atoms with E-state index in [1.54, 1.807) is 19.2 Å². The van der Waals surface area contributed by atoms with E-state index in [1.807, 2.05) is 6.92 Å². The van der Waals surface area contributed by atoms with Crippen LogP contribution in [-0.4, -0.2) is 47.0 Å². The zero-order valence-corrected chi connectivity index (χ0v) is 23.6. The number of alkyl halides is 3. The number of hydrogen-bond acceptors (Lipinski definition) is 3. The molecule has 0 aromatic heterocycles. The molecule has 0 aliphatic heterocycles. The summed E-state index contributed by atoms with van der Waals surface area (Å²) in [6, 6.07) is 5.38. The Bertz CT molecular complexity index is 987. The molecule has 0 heterocycles. The van der Waals surface area contributed by atoms with Crippen LogP contribution in [0.25, 0.3) is 0 Å². The Balaban J connectivity index is 2.48. The molecule has 0 radical (unpaired) electrons. The molecule has 0 saturated heterocycles. The molecule has 1 aromatic carbocycles. The van der Waals surface area contributed by atoms with Gasteiger partial charge in [-0.15, -0.1) is 0 Å². The summed E-state index contributed by atoms with van der Waals surface area (Å²) in [6.07, 6.45) is -4.41. The maximum absolute atomic E-state index is 14.4. The van der Waals surface area contributed by atoms with Gasteiger partial charge in [0.25, 0.3) is 0 Å². The number of carbonyl (C=O) groups excluding carboxylic acids is 1. The van der Waals surface area contributed by atoms with Gasteiger partial charge in [-0.1, -0.05) is 51.4 Å². The van der Waals surface area contributed by atoms with Crippen LogP contribution in [0.1, 0.15) is 31.9 Å². The lowest BCUT2D eigenvalue weighted by molar-refractivity contribution is -0.137. The fourth-order valence-corrected chi connectivity index (χ4v) is 17.5. The topological polar surface area (TPSA) is 29.5 Å². The van der Waals surface area contributed by atoms with E-state index in [2.05, 4.69) is 58.0 Å². The van der Waals surface area contributed by atoms with Crippen LogP contribution in [0, 0.1) is 0 Å². The highest BCUT2D eigenvalue weighted by Crippen LogP contribution is 3.00. The fraction of sp³-hybridized carbons (Fsp3) is 0.640. The summed E-state index contributed by atoms with van der Waals surface area (Å²) >= 11 is 0. The predicted octanol–water partition coefficient (Wildman–Crippen LogP) is 6.92. The van der Waals surface area contributed by atoms with Gasteiger partial charge < -0.3 is 9.64 Å². The molecule has 2 aliphatic rings. The second kappa shape index (κ2) is 7.55. The number of ketones is 1. The maximum atomic E-state index is 14.4. The smallest absolute Gasteiger partial charge is 0.375 e. The molecule has 0 bridgehead atoms. The molecular weight excluding hydrogens is 459 g/mol. The van der Waals surface area contributed by atoms with E-state index in [-0.39, 0.29) is 5.78 Å². The molecule has 2 aliphatic carbocycles. The molecule has 0 N–H and O–H groups in total. The summed E-state index contributed by atoms with van der Waals surface area (Å²) in [5, 5.41) is -1.30. The molecule has 8 heteroatoms. The first-order valence-electron chi connectivity index (χ1n) is 11.7. The third-order valence-corrected chi connectivity index (χ3v) is 14.9. The van der Waals surface area contributed by atoms with Crippen LogP contribution in [0.4, 0.5) is 13.2 Å². The van der Waals surface area contributed by atoms with Crippen LogP contribution in [0.2, 0.25) is 49.4 Å². The van der Waals surface area contributed by atoms with Gasteiger partial charge in [0.05, 0.1) is 31.8 Å². The molecule has 0 amide bonds. The lowest BCUT2D eigenvalue weighted by Gasteiger charge is -2.41. The van der Waals surface area contributed by atoms with Crippen molar-refractivity contribution in [1.82, 2.24) is 4.90 Å². The van der Waals surface area contributed by atoms with E-state index in [4.69, 9.17) is 4.74 Å². The first-order valence-corrected chi connectivity index (χ1v) is 18.7. The largest absolute Gasteiger partial charge is 0.416 e. The molecule has 184 valence electrons. The summed E-state index contributed by atoms with van der Waals surface area (Å²) in [5.41, 5.74) is 0.917. The maximum Gasteiger partial charge on any atom is 0.416 e. The van der Waals surface area contributed by atoms with Gasteiger partial charge in [-0.25, -0.2) is 0 Å². The third-order valence-electron chi connectivity index (χ3n) is 8.20. The quantitative estimate of drug-likeness (QED) is 0.383. The Hall–Kier alpha value is -1.39. The first-order chi connectivity index (χ1) is 15.0. The summed E-state index contributed by atoms with van der Waals surface area (Å²) in [6.45, 7) is 21.1. The number of benzene rings is 1. The Labute approximate surface area is 198 Å². The Morgan fingerprint density at radius 1 is 0.909 bits per heavy atom. The minimum atomic E-state index is -4.41. The number of fused-ring (bicyclic) bond motifs is 1. The second-order valence-electron chi connectivity index (χ2n) is 11.4. The number of ether oxygens (including phenoxy) is 1. The van der Waals surface area contributed by atoms with Crippen molar-refractivity contribution in [3.63, 3.8) is 0 Å². The monoisotopic (exact) mass is 497 g/mol. The van der Waals surface area contributed by atoms with Crippen LogP contribution in [-0.2, 0) is 21.3 Å². The Morgan fingerprint density at radius 3 is 1.70 bits per heavy atom. The number of nitrogens with zero attached hydrogens (tertiary/aromatic N) is 1. The molecule has 0 spiro atoms. The number of allylic oxidation sites excluding steroid dienone is 1. The first kappa shape index (κ1) is 26.2. The van der Waals surface area contributed by atoms with Crippen molar-refractivity contribution in [3.05, 3.63) is 46.7 Å². The average Bonchev–Trinajstić information content (AvgIpc) is 3.23. The Morgan fingerprint density at radius 2 is 1.36 bits per heavy atom. The van der Waals surface area contributed by atoms with E-state index >= 15 is 0 Å². The van der Waals surface area contributed by atoms with Gasteiger partial charge >= 0.3 is 6.18 Å². The van der Waals surface area contributed by atoms with E-state index < -0.39 is 43.6 Å². The SMILES string of the molecule is CCN(CC)C1=C(C)C(=O)[C@]2([Si](C)(C)C)[C@@](OC)(c3ccc(C(F)(F)F)cc3)[C@@]12[Si](C)(C)C. The van der Waals surface area contributed by atoms with E-state index in [1.165, 1.54) is 0 Å². The molecule has 3 atom stereocenters. The van der Waals surface area contributed by atoms with Crippen molar-refractivity contribution in [2.75, 3.05) is 20.2 Å². The molecule has 0 unspecified atom stereocenters. The molecule has 1 aromatic rings. The number of carbonyl (C=O) groups is 1. The lowest BCUT2D eigenvalue weighted by atomic mass is 9.95. The summed E-state index contributed by atoms with van der Waals surface area (Å²) in [5.74, 6) is 0.132. The molecule has 1 fully saturated rings. The van der Waals surface area contributed by atoms with Crippen molar-refractivity contribution in [1.29, 1.82) is 0 Å². The van der Waals surface area contributed by atoms with Gasteiger partial charge in [-0.2, -0.15) is 13.2 Å². The van der Waals surface area contributed by atoms with Crippen LogP contribution in [0.5, 0.6) is 0 Å². The van der Waals surface area contributed by atoms with Gasteiger partial charge in [-0.3, -0.25) is 4.79 Å². The normalized spacial score (nSPS) is 30.0. The number of rotatable bonds is 7. The van der Waals surface area contributed by atoms with Gasteiger partial charge in [0.15, 0.2) is 5.78 Å². The van der Waals surface area contributed by atoms with Crippen LogP contribution in [0.3, 0.4) is 0 Å². The highest BCUT2D eigenvalue weighted by atomic mass is 28.3. The van der Waals surface area contributed by atoms with Gasteiger partial charge in [0, 0.05) is 31.5 Å². The van der Waals surface area contributed by atoms with E-state index in [0.717, 1.165) is 36.5 Å². The summed E-state index contributed by atoms with van der Waals surface area (Å²) in [7, 11) is -2.87. The zero-order chi connectivity index (χ0) is 25.4. The van der Waals surface area contributed by atoms with Gasteiger partial charge in [0.2, 0.25) is 0 Å².